The average molecular weight is 225 g/mol. The summed E-state index contributed by atoms with van der Waals surface area (Å²) in [6.07, 6.45) is 1.72. The highest BCUT2D eigenvalue weighted by Crippen LogP contribution is 2.22. The van der Waals surface area contributed by atoms with Crippen molar-refractivity contribution in [2.75, 3.05) is 0 Å². The number of benzene rings is 2. The number of rotatable bonds is 4. The molecule has 2 aromatic carbocycles. The van der Waals surface area contributed by atoms with Crippen LogP contribution in [-0.4, -0.2) is 0 Å². The third-order valence-electron chi connectivity index (χ3n) is 2.50. The van der Waals surface area contributed by atoms with Gasteiger partial charge in [-0.3, -0.25) is 0 Å². The van der Waals surface area contributed by atoms with Crippen LogP contribution in [0.2, 0.25) is 0 Å². The molecule has 2 aromatic rings. The summed E-state index contributed by atoms with van der Waals surface area (Å²) in [6, 6.07) is 17.3. The van der Waals surface area contributed by atoms with Gasteiger partial charge in [-0.2, -0.15) is 0 Å². The molecule has 0 heterocycles. The quantitative estimate of drug-likeness (QED) is 0.806. The molecule has 0 aromatic heterocycles. The van der Waals surface area contributed by atoms with E-state index in [1.165, 1.54) is 0 Å². The molecule has 0 radical (unpaired) electrons. The van der Waals surface area contributed by atoms with E-state index in [4.69, 9.17) is 10.5 Å². The summed E-state index contributed by atoms with van der Waals surface area (Å²) in [5.74, 6) is 1.63. The minimum absolute atomic E-state index is 0.124. The topological polar surface area (TPSA) is 35.2 Å². The molecule has 0 aliphatic rings. The van der Waals surface area contributed by atoms with Crippen LogP contribution in [0.15, 0.2) is 67.3 Å². The minimum atomic E-state index is -0.124. The maximum absolute atomic E-state index is 5.84. The molecule has 0 bridgehead atoms. The Bertz CT molecular complexity index is 476. The molecule has 2 nitrogen and oxygen atoms in total. The second kappa shape index (κ2) is 5.32. The summed E-state index contributed by atoms with van der Waals surface area (Å²) >= 11 is 0. The van der Waals surface area contributed by atoms with E-state index in [1.807, 2.05) is 54.6 Å². The second-order valence-corrected chi connectivity index (χ2v) is 3.75. The lowest BCUT2D eigenvalue weighted by atomic mass is 10.1. The highest BCUT2D eigenvalue weighted by Gasteiger charge is 2.01. The summed E-state index contributed by atoms with van der Waals surface area (Å²) in [5, 5.41) is 0. The van der Waals surface area contributed by atoms with Crippen molar-refractivity contribution in [2.45, 2.75) is 6.04 Å². The van der Waals surface area contributed by atoms with Crippen LogP contribution >= 0.6 is 0 Å². The van der Waals surface area contributed by atoms with Gasteiger partial charge in [0.1, 0.15) is 11.5 Å². The first-order chi connectivity index (χ1) is 8.29. The lowest BCUT2D eigenvalue weighted by molar-refractivity contribution is 0.482. The molecular weight excluding hydrogens is 210 g/mol. The van der Waals surface area contributed by atoms with E-state index in [-0.39, 0.29) is 6.04 Å². The summed E-state index contributed by atoms with van der Waals surface area (Å²) in [5.41, 5.74) is 6.87. The third-order valence-corrected chi connectivity index (χ3v) is 2.50. The summed E-state index contributed by atoms with van der Waals surface area (Å²) in [4.78, 5) is 0. The first-order valence-electron chi connectivity index (χ1n) is 5.50. The molecule has 1 atom stereocenters. The SMILES string of the molecule is C=C[C@H](N)c1ccc(Oc2ccccc2)cc1. The van der Waals surface area contributed by atoms with Gasteiger partial charge >= 0.3 is 0 Å². The summed E-state index contributed by atoms with van der Waals surface area (Å²) in [7, 11) is 0. The van der Waals surface area contributed by atoms with Gasteiger partial charge in [-0.1, -0.05) is 36.4 Å². The smallest absolute Gasteiger partial charge is 0.127 e. The van der Waals surface area contributed by atoms with Gasteiger partial charge in [0.15, 0.2) is 0 Å². The normalized spacial score (nSPS) is 11.8. The van der Waals surface area contributed by atoms with E-state index < -0.39 is 0 Å². The fraction of sp³-hybridized carbons (Fsp3) is 0.0667. The molecule has 0 unspecified atom stereocenters. The van der Waals surface area contributed by atoms with Crippen LogP contribution in [0.1, 0.15) is 11.6 Å². The van der Waals surface area contributed by atoms with Crippen LogP contribution in [0.3, 0.4) is 0 Å². The molecule has 17 heavy (non-hydrogen) atoms. The highest BCUT2D eigenvalue weighted by molar-refractivity contribution is 5.34. The number of nitrogens with two attached hydrogens (primary N) is 1. The molecule has 0 fully saturated rings. The van der Waals surface area contributed by atoms with Gasteiger partial charge in [0.05, 0.1) is 0 Å². The molecule has 0 saturated heterocycles. The minimum Gasteiger partial charge on any atom is -0.457 e. The summed E-state index contributed by atoms with van der Waals surface area (Å²) < 4.78 is 5.68. The second-order valence-electron chi connectivity index (χ2n) is 3.75. The van der Waals surface area contributed by atoms with Gasteiger partial charge in [0.25, 0.3) is 0 Å². The van der Waals surface area contributed by atoms with Crippen molar-refractivity contribution in [1.29, 1.82) is 0 Å². The van der Waals surface area contributed by atoms with Crippen molar-refractivity contribution in [1.82, 2.24) is 0 Å². The van der Waals surface area contributed by atoms with Gasteiger partial charge in [-0.05, 0) is 29.8 Å². The molecule has 2 heteroatoms. The van der Waals surface area contributed by atoms with Crippen LogP contribution < -0.4 is 10.5 Å². The number of ether oxygens (including phenoxy) is 1. The van der Waals surface area contributed by atoms with Gasteiger partial charge < -0.3 is 10.5 Å². The lowest BCUT2D eigenvalue weighted by Crippen LogP contribution is -2.05. The van der Waals surface area contributed by atoms with Crippen LogP contribution in [0.4, 0.5) is 0 Å². The predicted octanol–water partition coefficient (Wildman–Crippen LogP) is 3.66. The van der Waals surface area contributed by atoms with Gasteiger partial charge in [0, 0.05) is 6.04 Å². The molecule has 2 N–H and O–H groups in total. The Morgan fingerprint density at radius 2 is 1.53 bits per heavy atom. The zero-order chi connectivity index (χ0) is 12.1. The Morgan fingerprint density at radius 3 is 2.12 bits per heavy atom. The maximum atomic E-state index is 5.84. The number of hydrogen-bond acceptors (Lipinski definition) is 2. The van der Waals surface area contributed by atoms with Crippen LogP contribution in [0.25, 0.3) is 0 Å². The first-order valence-corrected chi connectivity index (χ1v) is 5.50. The van der Waals surface area contributed by atoms with Crippen molar-refractivity contribution in [3.8, 4) is 11.5 Å². The molecule has 2 rings (SSSR count). The standard InChI is InChI=1S/C15H15NO/c1-2-15(16)12-8-10-14(11-9-12)17-13-6-4-3-5-7-13/h2-11,15H,1,16H2/t15-/m0/s1. The van der Waals surface area contributed by atoms with Crippen LogP contribution in [0.5, 0.6) is 11.5 Å². The fourth-order valence-corrected chi connectivity index (χ4v) is 1.52. The number of hydrogen-bond donors (Lipinski definition) is 1. The van der Waals surface area contributed by atoms with E-state index in [2.05, 4.69) is 6.58 Å². The van der Waals surface area contributed by atoms with Gasteiger partial charge in [-0.25, -0.2) is 0 Å². The molecule has 0 spiro atoms. The van der Waals surface area contributed by atoms with E-state index >= 15 is 0 Å². The van der Waals surface area contributed by atoms with Crippen molar-refractivity contribution in [2.24, 2.45) is 5.73 Å². The average Bonchev–Trinajstić information content (AvgIpc) is 2.40. The van der Waals surface area contributed by atoms with Crippen molar-refractivity contribution < 1.29 is 4.74 Å². The zero-order valence-electron chi connectivity index (χ0n) is 9.54. The predicted molar refractivity (Wildman–Crippen MR) is 70.1 cm³/mol. The summed E-state index contributed by atoms with van der Waals surface area (Å²) in [6.45, 7) is 3.67. The Balaban J connectivity index is 2.11. The van der Waals surface area contributed by atoms with Crippen molar-refractivity contribution in [3.63, 3.8) is 0 Å². The van der Waals surface area contributed by atoms with E-state index in [0.717, 1.165) is 17.1 Å². The largest absolute Gasteiger partial charge is 0.457 e. The van der Waals surface area contributed by atoms with E-state index in [9.17, 15) is 0 Å². The van der Waals surface area contributed by atoms with Gasteiger partial charge in [-0.15, -0.1) is 6.58 Å². The maximum Gasteiger partial charge on any atom is 0.127 e. The molecule has 0 saturated carbocycles. The van der Waals surface area contributed by atoms with Crippen molar-refractivity contribution in [3.05, 3.63) is 72.8 Å². The molecule has 0 amide bonds. The van der Waals surface area contributed by atoms with Crippen molar-refractivity contribution >= 4 is 0 Å². The van der Waals surface area contributed by atoms with E-state index in [0.29, 0.717) is 0 Å². The fourth-order valence-electron chi connectivity index (χ4n) is 1.52. The lowest BCUT2D eigenvalue weighted by Gasteiger charge is -2.09. The molecule has 0 aliphatic heterocycles. The Morgan fingerprint density at radius 1 is 0.941 bits per heavy atom. The molecule has 86 valence electrons. The van der Waals surface area contributed by atoms with E-state index in [1.54, 1.807) is 6.08 Å². The monoisotopic (exact) mass is 225 g/mol. The molecular formula is C15H15NO. The zero-order valence-corrected chi connectivity index (χ0v) is 9.54. The Hall–Kier alpha value is -2.06. The first kappa shape index (κ1) is 11.4. The number of para-hydroxylation sites is 1. The van der Waals surface area contributed by atoms with Crippen LogP contribution in [0, 0.1) is 0 Å². The highest BCUT2D eigenvalue weighted by atomic mass is 16.5. The third kappa shape index (κ3) is 2.95. The molecule has 0 aliphatic carbocycles. The Kier molecular flexibility index (Phi) is 3.58. The van der Waals surface area contributed by atoms with Gasteiger partial charge in [0.2, 0.25) is 0 Å². The Labute approximate surface area is 101 Å². The van der Waals surface area contributed by atoms with Crippen LogP contribution in [-0.2, 0) is 0 Å².